The van der Waals surface area contributed by atoms with Crippen molar-refractivity contribution < 1.29 is 4.74 Å². The lowest BCUT2D eigenvalue weighted by Gasteiger charge is -2.50. The Labute approximate surface area is 121 Å². The van der Waals surface area contributed by atoms with Crippen LogP contribution in [-0.4, -0.2) is 62.7 Å². The van der Waals surface area contributed by atoms with Gasteiger partial charge in [-0.25, -0.2) is 0 Å². The second-order valence-corrected chi connectivity index (χ2v) is 5.89. The molecular weight excluding hydrogens is 250 g/mol. The first-order chi connectivity index (χ1) is 9.72. The fourth-order valence-electron chi connectivity index (χ4n) is 3.65. The summed E-state index contributed by atoms with van der Waals surface area (Å²) in [4.78, 5) is 5.23. The Morgan fingerprint density at radius 1 is 1.25 bits per heavy atom. The second-order valence-electron chi connectivity index (χ2n) is 5.89. The number of methoxy groups -OCH3 is 1. The van der Waals surface area contributed by atoms with E-state index in [1.165, 1.54) is 43.9 Å². The summed E-state index contributed by atoms with van der Waals surface area (Å²) in [6.07, 6.45) is 0. The molecule has 3 saturated heterocycles. The summed E-state index contributed by atoms with van der Waals surface area (Å²) < 4.78 is 5.32. The highest BCUT2D eigenvalue weighted by Crippen LogP contribution is 2.30. The molecule has 0 radical (unpaired) electrons. The normalized spacial score (nSPS) is 30.2. The highest BCUT2D eigenvalue weighted by molar-refractivity contribution is 5.37. The Morgan fingerprint density at radius 3 is 2.50 bits per heavy atom. The summed E-state index contributed by atoms with van der Waals surface area (Å²) in [6.45, 7) is 8.23. The van der Waals surface area contributed by atoms with E-state index in [9.17, 15) is 0 Å². The number of benzene rings is 1. The predicted octanol–water partition coefficient (Wildman–Crippen LogP) is 1.26. The quantitative estimate of drug-likeness (QED) is 0.895. The molecule has 3 aliphatic rings. The van der Waals surface area contributed by atoms with Crippen molar-refractivity contribution in [3.63, 3.8) is 0 Å². The topological polar surface area (TPSA) is 27.7 Å². The molecule has 4 heteroatoms. The molecule has 2 atom stereocenters. The number of nitrogens with zero attached hydrogens (tertiary/aromatic N) is 2. The van der Waals surface area contributed by atoms with Gasteiger partial charge < -0.3 is 10.1 Å². The van der Waals surface area contributed by atoms with Crippen molar-refractivity contribution in [3.05, 3.63) is 29.3 Å². The van der Waals surface area contributed by atoms with Crippen LogP contribution in [-0.2, 0) is 0 Å². The molecule has 1 N–H and O–H groups in total. The molecule has 0 spiro atoms. The second kappa shape index (κ2) is 5.72. The summed E-state index contributed by atoms with van der Waals surface area (Å²) in [7, 11) is 3.80. The van der Waals surface area contributed by atoms with Gasteiger partial charge >= 0.3 is 0 Å². The maximum absolute atomic E-state index is 5.32. The number of aryl methyl sites for hydroxylation is 1. The third-order valence-electron chi connectivity index (χ3n) is 4.83. The zero-order valence-electron chi connectivity index (χ0n) is 12.7. The third-order valence-corrected chi connectivity index (χ3v) is 4.83. The molecule has 2 unspecified atom stereocenters. The van der Waals surface area contributed by atoms with Crippen LogP contribution in [0.15, 0.2) is 18.2 Å². The van der Waals surface area contributed by atoms with Crippen LogP contribution in [0.1, 0.15) is 17.2 Å². The minimum absolute atomic E-state index is 0.393. The summed E-state index contributed by atoms with van der Waals surface area (Å²) in [5.41, 5.74) is 2.70. The SMILES string of the molecule is CNC(c1ccc(OC)cc1C)C1CN2CCN1CC2. The van der Waals surface area contributed by atoms with Crippen LogP contribution in [0, 0.1) is 6.92 Å². The molecule has 3 fully saturated rings. The fourth-order valence-corrected chi connectivity index (χ4v) is 3.65. The van der Waals surface area contributed by atoms with Gasteiger partial charge in [-0.3, -0.25) is 9.80 Å². The lowest BCUT2D eigenvalue weighted by Crippen LogP contribution is -2.63. The largest absolute Gasteiger partial charge is 0.497 e. The summed E-state index contributed by atoms with van der Waals surface area (Å²) in [5, 5.41) is 3.54. The van der Waals surface area contributed by atoms with E-state index in [1.54, 1.807) is 7.11 Å². The Hall–Kier alpha value is -1.10. The zero-order chi connectivity index (χ0) is 14.1. The molecule has 0 aliphatic carbocycles. The molecule has 0 saturated carbocycles. The van der Waals surface area contributed by atoms with E-state index >= 15 is 0 Å². The van der Waals surface area contributed by atoms with Crippen molar-refractivity contribution in [2.24, 2.45) is 0 Å². The molecule has 0 amide bonds. The third kappa shape index (κ3) is 2.43. The highest BCUT2D eigenvalue weighted by atomic mass is 16.5. The average Bonchev–Trinajstić information content (AvgIpc) is 2.51. The van der Waals surface area contributed by atoms with E-state index in [4.69, 9.17) is 4.74 Å². The first kappa shape index (κ1) is 13.9. The first-order valence-electron chi connectivity index (χ1n) is 7.51. The van der Waals surface area contributed by atoms with Gasteiger partial charge in [0.05, 0.1) is 7.11 Å². The van der Waals surface area contributed by atoms with Gasteiger partial charge in [0.25, 0.3) is 0 Å². The van der Waals surface area contributed by atoms with Gasteiger partial charge in [-0.05, 0) is 37.2 Å². The predicted molar refractivity (Wildman–Crippen MR) is 81.3 cm³/mol. The number of hydrogen-bond acceptors (Lipinski definition) is 4. The number of rotatable bonds is 4. The van der Waals surface area contributed by atoms with Crippen molar-refractivity contribution >= 4 is 0 Å². The molecule has 1 aromatic carbocycles. The smallest absolute Gasteiger partial charge is 0.119 e. The molecule has 20 heavy (non-hydrogen) atoms. The summed E-state index contributed by atoms with van der Waals surface area (Å²) in [5.74, 6) is 0.940. The number of hydrogen-bond donors (Lipinski definition) is 1. The number of likely N-dealkylation sites (N-methyl/N-ethyl adjacent to an activating group) is 1. The van der Waals surface area contributed by atoms with Crippen LogP contribution in [0.5, 0.6) is 5.75 Å². The number of fused-ring (bicyclic) bond motifs is 3. The molecule has 4 nitrogen and oxygen atoms in total. The Morgan fingerprint density at radius 2 is 2.00 bits per heavy atom. The fraction of sp³-hybridized carbons (Fsp3) is 0.625. The van der Waals surface area contributed by atoms with E-state index in [-0.39, 0.29) is 0 Å². The van der Waals surface area contributed by atoms with Crippen molar-refractivity contribution in [2.45, 2.75) is 19.0 Å². The van der Waals surface area contributed by atoms with Gasteiger partial charge in [-0.15, -0.1) is 0 Å². The van der Waals surface area contributed by atoms with Crippen molar-refractivity contribution in [3.8, 4) is 5.75 Å². The van der Waals surface area contributed by atoms with Crippen LogP contribution in [0.3, 0.4) is 0 Å². The summed E-state index contributed by atoms with van der Waals surface area (Å²) in [6, 6.07) is 7.40. The zero-order valence-corrected chi connectivity index (χ0v) is 12.7. The standard InChI is InChI=1S/C16H25N3O/c1-12-10-13(20-3)4-5-14(12)16(17-2)15-11-18-6-8-19(15)9-7-18/h4-5,10,15-17H,6-9,11H2,1-3H3. The minimum atomic E-state index is 0.393. The average molecular weight is 275 g/mol. The Balaban J connectivity index is 1.86. The van der Waals surface area contributed by atoms with Gasteiger partial charge in [-0.1, -0.05) is 6.07 Å². The van der Waals surface area contributed by atoms with E-state index in [0.29, 0.717) is 12.1 Å². The lowest BCUT2D eigenvalue weighted by molar-refractivity contribution is -0.00263. The summed E-state index contributed by atoms with van der Waals surface area (Å²) >= 11 is 0. The molecule has 2 bridgehead atoms. The van der Waals surface area contributed by atoms with E-state index < -0.39 is 0 Å². The molecular formula is C16H25N3O. The van der Waals surface area contributed by atoms with Crippen LogP contribution in [0.2, 0.25) is 0 Å². The van der Waals surface area contributed by atoms with Gasteiger partial charge in [0.2, 0.25) is 0 Å². The van der Waals surface area contributed by atoms with E-state index in [0.717, 1.165) is 5.75 Å². The van der Waals surface area contributed by atoms with Crippen LogP contribution >= 0.6 is 0 Å². The molecule has 4 rings (SSSR count). The monoisotopic (exact) mass is 275 g/mol. The number of ether oxygens (including phenoxy) is 1. The van der Waals surface area contributed by atoms with Crippen molar-refractivity contribution in [2.75, 3.05) is 46.9 Å². The van der Waals surface area contributed by atoms with Crippen LogP contribution < -0.4 is 10.1 Å². The maximum Gasteiger partial charge on any atom is 0.119 e. The van der Waals surface area contributed by atoms with Crippen LogP contribution in [0.25, 0.3) is 0 Å². The Bertz CT molecular complexity index is 469. The lowest BCUT2D eigenvalue weighted by atomic mass is 9.91. The minimum Gasteiger partial charge on any atom is -0.497 e. The number of nitrogens with one attached hydrogen (secondary N) is 1. The molecule has 0 aromatic heterocycles. The Kier molecular flexibility index (Phi) is 3.96. The molecule has 3 aliphatic heterocycles. The van der Waals surface area contributed by atoms with Gasteiger partial charge in [0.1, 0.15) is 5.75 Å². The molecule has 110 valence electrons. The van der Waals surface area contributed by atoms with Crippen LogP contribution in [0.4, 0.5) is 0 Å². The van der Waals surface area contributed by atoms with E-state index in [1.807, 2.05) is 0 Å². The molecule has 3 heterocycles. The highest BCUT2D eigenvalue weighted by Gasteiger charge is 2.37. The van der Waals surface area contributed by atoms with Gasteiger partial charge in [0.15, 0.2) is 0 Å². The van der Waals surface area contributed by atoms with Crippen molar-refractivity contribution in [1.29, 1.82) is 0 Å². The first-order valence-corrected chi connectivity index (χ1v) is 7.51. The van der Waals surface area contributed by atoms with E-state index in [2.05, 4.69) is 47.3 Å². The van der Waals surface area contributed by atoms with Crippen molar-refractivity contribution in [1.82, 2.24) is 15.1 Å². The van der Waals surface area contributed by atoms with Gasteiger partial charge in [-0.2, -0.15) is 0 Å². The number of piperazine rings is 3. The maximum atomic E-state index is 5.32. The molecule has 1 aromatic rings. The van der Waals surface area contributed by atoms with Gasteiger partial charge in [0, 0.05) is 44.8 Å².